The van der Waals surface area contributed by atoms with Gasteiger partial charge >= 0.3 is 0 Å². The molecule has 0 radical (unpaired) electrons. The van der Waals surface area contributed by atoms with Gasteiger partial charge in [0.05, 0.1) is 6.20 Å². The standard InChI is InChI=1S/C13H13N7OS2/c1-20-8-17-19-13(20)22-5-4-16-11(21)10-7-23-12(18-10)9-6-14-2-3-15-9/h2-3,6-8H,4-5H2,1H3,(H,16,21). The smallest absolute Gasteiger partial charge is 0.270 e. The molecule has 3 heterocycles. The lowest BCUT2D eigenvalue weighted by Crippen LogP contribution is -2.26. The number of carbonyl (C=O) groups excluding carboxylic acids is 1. The van der Waals surface area contributed by atoms with E-state index in [0.29, 0.717) is 28.7 Å². The minimum atomic E-state index is -0.199. The summed E-state index contributed by atoms with van der Waals surface area (Å²) in [5.74, 6) is 0.509. The Morgan fingerprint density at radius 2 is 2.35 bits per heavy atom. The van der Waals surface area contributed by atoms with Crippen LogP contribution in [0.3, 0.4) is 0 Å². The van der Waals surface area contributed by atoms with E-state index in [1.54, 1.807) is 30.3 Å². The van der Waals surface area contributed by atoms with Crippen molar-refractivity contribution < 1.29 is 4.79 Å². The first kappa shape index (κ1) is 15.6. The highest BCUT2D eigenvalue weighted by Gasteiger charge is 2.12. The van der Waals surface area contributed by atoms with Gasteiger partial charge < -0.3 is 9.88 Å². The van der Waals surface area contributed by atoms with Crippen molar-refractivity contribution in [2.24, 2.45) is 7.05 Å². The molecule has 0 bridgehead atoms. The van der Waals surface area contributed by atoms with Gasteiger partial charge in [0.2, 0.25) is 0 Å². The Balaban J connectivity index is 1.51. The fourth-order valence-corrected chi connectivity index (χ4v) is 3.21. The molecule has 10 heteroatoms. The average Bonchev–Trinajstić information content (AvgIpc) is 3.22. The zero-order valence-electron chi connectivity index (χ0n) is 12.2. The minimum absolute atomic E-state index is 0.199. The van der Waals surface area contributed by atoms with Crippen molar-refractivity contribution in [3.63, 3.8) is 0 Å². The first-order valence-electron chi connectivity index (χ1n) is 6.71. The average molecular weight is 347 g/mol. The van der Waals surface area contributed by atoms with Gasteiger partial charge in [0, 0.05) is 37.1 Å². The van der Waals surface area contributed by atoms with E-state index in [1.165, 1.54) is 23.1 Å². The SMILES string of the molecule is Cn1cnnc1SCCNC(=O)c1csc(-c2cnccn2)n1. The number of nitrogens with zero attached hydrogens (tertiary/aromatic N) is 6. The summed E-state index contributed by atoms with van der Waals surface area (Å²) in [4.78, 5) is 24.5. The van der Waals surface area contributed by atoms with Crippen molar-refractivity contribution in [3.8, 4) is 10.7 Å². The van der Waals surface area contributed by atoms with Crippen LogP contribution in [0.25, 0.3) is 10.7 Å². The molecule has 0 saturated heterocycles. The molecule has 3 rings (SSSR count). The summed E-state index contributed by atoms with van der Waals surface area (Å²) in [7, 11) is 1.88. The predicted molar refractivity (Wildman–Crippen MR) is 87.2 cm³/mol. The molecule has 0 unspecified atom stereocenters. The van der Waals surface area contributed by atoms with E-state index in [4.69, 9.17) is 0 Å². The summed E-state index contributed by atoms with van der Waals surface area (Å²) >= 11 is 2.90. The zero-order valence-corrected chi connectivity index (χ0v) is 13.8. The summed E-state index contributed by atoms with van der Waals surface area (Å²) in [6.45, 7) is 0.522. The normalized spacial score (nSPS) is 10.7. The summed E-state index contributed by atoms with van der Waals surface area (Å²) < 4.78 is 1.83. The van der Waals surface area contributed by atoms with Gasteiger partial charge in [0.1, 0.15) is 22.7 Å². The molecule has 3 aromatic heterocycles. The van der Waals surface area contributed by atoms with Crippen molar-refractivity contribution in [1.82, 2.24) is 35.0 Å². The largest absolute Gasteiger partial charge is 0.350 e. The van der Waals surface area contributed by atoms with E-state index >= 15 is 0 Å². The van der Waals surface area contributed by atoms with Gasteiger partial charge in [-0.3, -0.25) is 14.8 Å². The van der Waals surface area contributed by atoms with Gasteiger partial charge in [0.25, 0.3) is 5.91 Å². The third-order valence-corrected chi connectivity index (χ3v) is 4.71. The van der Waals surface area contributed by atoms with Crippen LogP contribution in [0.5, 0.6) is 0 Å². The minimum Gasteiger partial charge on any atom is -0.350 e. The van der Waals surface area contributed by atoms with Gasteiger partial charge in [-0.15, -0.1) is 21.5 Å². The number of hydrogen-bond donors (Lipinski definition) is 1. The molecule has 0 aromatic carbocycles. The number of thiazole rings is 1. The monoisotopic (exact) mass is 347 g/mol. The quantitative estimate of drug-likeness (QED) is 0.529. The molecule has 0 fully saturated rings. The van der Waals surface area contributed by atoms with Crippen molar-refractivity contribution in [2.75, 3.05) is 12.3 Å². The van der Waals surface area contributed by atoms with E-state index in [0.717, 1.165) is 5.16 Å². The number of aromatic nitrogens is 6. The maximum absolute atomic E-state index is 12.1. The highest BCUT2D eigenvalue weighted by molar-refractivity contribution is 7.99. The first-order chi connectivity index (χ1) is 11.2. The Bertz CT molecular complexity index is 786. The highest BCUT2D eigenvalue weighted by atomic mass is 32.2. The third kappa shape index (κ3) is 3.90. The predicted octanol–water partition coefficient (Wildman–Crippen LogP) is 1.25. The van der Waals surface area contributed by atoms with Crippen LogP contribution in [-0.2, 0) is 7.05 Å². The number of thioether (sulfide) groups is 1. The summed E-state index contributed by atoms with van der Waals surface area (Å²) in [6.07, 6.45) is 6.46. The molecule has 0 aliphatic rings. The van der Waals surface area contributed by atoms with Crippen LogP contribution in [0.1, 0.15) is 10.5 Å². The summed E-state index contributed by atoms with van der Waals surface area (Å²) in [6, 6.07) is 0. The Hall–Kier alpha value is -2.33. The maximum atomic E-state index is 12.1. The summed E-state index contributed by atoms with van der Waals surface area (Å²) in [5.41, 5.74) is 1.05. The van der Waals surface area contributed by atoms with Crippen molar-refractivity contribution in [3.05, 3.63) is 36.0 Å². The van der Waals surface area contributed by atoms with Gasteiger partial charge in [-0.25, -0.2) is 4.98 Å². The van der Waals surface area contributed by atoms with Crippen molar-refractivity contribution in [1.29, 1.82) is 0 Å². The number of hydrogen-bond acceptors (Lipinski definition) is 8. The Labute approximate surface area is 140 Å². The number of rotatable bonds is 6. The molecule has 23 heavy (non-hydrogen) atoms. The van der Waals surface area contributed by atoms with Gasteiger partial charge in [-0.2, -0.15) is 0 Å². The Morgan fingerprint density at radius 3 is 3.09 bits per heavy atom. The molecule has 0 aliphatic heterocycles. The Kier molecular flexibility index (Phi) is 4.93. The molecule has 0 spiro atoms. The molecule has 1 N–H and O–H groups in total. The maximum Gasteiger partial charge on any atom is 0.270 e. The topological polar surface area (TPSA) is 98.5 Å². The number of carbonyl (C=O) groups is 1. The Morgan fingerprint density at radius 1 is 1.43 bits per heavy atom. The van der Waals surface area contributed by atoms with Crippen LogP contribution in [-0.4, -0.2) is 47.9 Å². The van der Waals surface area contributed by atoms with E-state index in [-0.39, 0.29) is 5.91 Å². The highest BCUT2D eigenvalue weighted by Crippen LogP contribution is 2.20. The molecular weight excluding hydrogens is 334 g/mol. The molecule has 1 amide bonds. The first-order valence-corrected chi connectivity index (χ1v) is 8.57. The molecule has 8 nitrogen and oxygen atoms in total. The number of aryl methyl sites for hydroxylation is 1. The zero-order chi connectivity index (χ0) is 16.1. The van der Waals surface area contributed by atoms with Crippen LogP contribution in [0, 0.1) is 0 Å². The van der Waals surface area contributed by atoms with Gasteiger partial charge in [-0.05, 0) is 0 Å². The number of amides is 1. The second-order valence-electron chi connectivity index (χ2n) is 4.46. The fraction of sp³-hybridized carbons (Fsp3) is 0.231. The lowest BCUT2D eigenvalue weighted by molar-refractivity contribution is 0.0952. The van der Waals surface area contributed by atoms with E-state index in [1.807, 2.05) is 11.6 Å². The van der Waals surface area contributed by atoms with Crippen LogP contribution in [0.4, 0.5) is 0 Å². The molecule has 118 valence electrons. The molecule has 0 aliphatic carbocycles. The molecule has 3 aromatic rings. The van der Waals surface area contributed by atoms with Crippen LogP contribution in [0.15, 0.2) is 35.5 Å². The van der Waals surface area contributed by atoms with Crippen molar-refractivity contribution in [2.45, 2.75) is 5.16 Å². The van der Waals surface area contributed by atoms with Crippen molar-refractivity contribution >= 4 is 29.0 Å². The molecule has 0 atom stereocenters. The van der Waals surface area contributed by atoms with Crippen LogP contribution >= 0.6 is 23.1 Å². The van der Waals surface area contributed by atoms with E-state index in [2.05, 4.69) is 30.5 Å². The number of nitrogens with one attached hydrogen (secondary N) is 1. The summed E-state index contributed by atoms with van der Waals surface area (Å²) in [5, 5.41) is 13.8. The van der Waals surface area contributed by atoms with Gasteiger partial charge in [0.15, 0.2) is 5.16 Å². The molecular formula is C13H13N7OS2. The lowest BCUT2D eigenvalue weighted by Gasteiger charge is -2.02. The second kappa shape index (κ2) is 7.29. The second-order valence-corrected chi connectivity index (χ2v) is 6.38. The fourth-order valence-electron chi connectivity index (χ4n) is 1.71. The van der Waals surface area contributed by atoms with Gasteiger partial charge in [-0.1, -0.05) is 11.8 Å². The lowest BCUT2D eigenvalue weighted by atomic mass is 10.4. The van der Waals surface area contributed by atoms with E-state index < -0.39 is 0 Å². The van der Waals surface area contributed by atoms with Crippen LogP contribution < -0.4 is 5.32 Å². The third-order valence-electron chi connectivity index (χ3n) is 2.81. The van der Waals surface area contributed by atoms with Crippen LogP contribution in [0.2, 0.25) is 0 Å². The van der Waals surface area contributed by atoms with E-state index in [9.17, 15) is 4.79 Å². The molecule has 0 saturated carbocycles.